The number of nitrogen functional groups attached to an aromatic ring is 1. The summed E-state index contributed by atoms with van der Waals surface area (Å²) in [5.41, 5.74) is 7.92. The average molecular weight is 280 g/mol. The fourth-order valence-electron chi connectivity index (χ4n) is 3.25. The molecule has 0 saturated heterocycles. The highest BCUT2D eigenvalue weighted by molar-refractivity contribution is 5.99. The molecule has 0 radical (unpaired) electrons. The fourth-order valence-corrected chi connectivity index (χ4v) is 3.25. The Hall–Kier alpha value is -2.29. The maximum Gasteiger partial charge on any atom is 0.235 e. The fraction of sp³-hybridized carbons (Fsp3) is 0.278. The molecule has 2 aromatic rings. The van der Waals surface area contributed by atoms with Crippen molar-refractivity contribution >= 4 is 17.3 Å². The predicted octanol–water partition coefficient (Wildman–Crippen LogP) is 3.72. The molecule has 3 nitrogen and oxygen atoms in total. The Morgan fingerprint density at radius 3 is 2.38 bits per heavy atom. The highest BCUT2D eigenvalue weighted by Gasteiger charge is 2.42. The zero-order valence-electron chi connectivity index (χ0n) is 12.0. The molecule has 0 aliphatic heterocycles. The number of amides is 1. The van der Waals surface area contributed by atoms with Gasteiger partial charge in [-0.1, -0.05) is 49.2 Å². The summed E-state index contributed by atoms with van der Waals surface area (Å²) in [7, 11) is 0. The van der Waals surface area contributed by atoms with E-state index in [9.17, 15) is 4.79 Å². The van der Waals surface area contributed by atoms with Crippen molar-refractivity contribution in [2.45, 2.75) is 31.1 Å². The van der Waals surface area contributed by atoms with Crippen LogP contribution in [0.4, 0.5) is 11.4 Å². The van der Waals surface area contributed by atoms with E-state index in [1.165, 1.54) is 0 Å². The third kappa shape index (κ3) is 2.64. The number of anilines is 2. The quantitative estimate of drug-likeness (QED) is 0.842. The minimum absolute atomic E-state index is 0.0804. The molecule has 1 aliphatic rings. The van der Waals surface area contributed by atoms with Crippen LogP contribution in [-0.2, 0) is 10.2 Å². The van der Waals surface area contributed by atoms with Crippen LogP contribution in [0.15, 0.2) is 54.6 Å². The van der Waals surface area contributed by atoms with Crippen molar-refractivity contribution in [2.75, 3.05) is 11.1 Å². The summed E-state index contributed by atoms with van der Waals surface area (Å²) in [5, 5.41) is 3.05. The smallest absolute Gasteiger partial charge is 0.235 e. The van der Waals surface area contributed by atoms with Crippen LogP contribution >= 0.6 is 0 Å². The van der Waals surface area contributed by atoms with E-state index in [-0.39, 0.29) is 5.91 Å². The van der Waals surface area contributed by atoms with Gasteiger partial charge in [0.15, 0.2) is 0 Å². The summed E-state index contributed by atoms with van der Waals surface area (Å²) in [6.07, 6.45) is 4.01. The molecule has 1 amide bonds. The molecular formula is C18H20N2O. The predicted molar refractivity (Wildman–Crippen MR) is 86.1 cm³/mol. The van der Waals surface area contributed by atoms with E-state index in [4.69, 9.17) is 5.73 Å². The van der Waals surface area contributed by atoms with Crippen molar-refractivity contribution in [3.05, 3.63) is 60.2 Å². The Bertz CT molecular complexity index is 631. The maximum absolute atomic E-state index is 12.9. The maximum atomic E-state index is 12.9. The van der Waals surface area contributed by atoms with Gasteiger partial charge in [0, 0.05) is 11.4 Å². The Morgan fingerprint density at radius 1 is 1.00 bits per heavy atom. The van der Waals surface area contributed by atoms with Crippen LogP contribution in [0.5, 0.6) is 0 Å². The molecular weight excluding hydrogens is 260 g/mol. The molecule has 0 bridgehead atoms. The summed E-state index contributed by atoms with van der Waals surface area (Å²) < 4.78 is 0. The van der Waals surface area contributed by atoms with Crippen LogP contribution in [-0.4, -0.2) is 5.91 Å². The van der Waals surface area contributed by atoms with E-state index in [0.717, 1.165) is 36.9 Å². The van der Waals surface area contributed by atoms with Gasteiger partial charge in [0.25, 0.3) is 0 Å². The van der Waals surface area contributed by atoms with Gasteiger partial charge >= 0.3 is 0 Å². The Labute approximate surface area is 125 Å². The van der Waals surface area contributed by atoms with Gasteiger partial charge < -0.3 is 11.1 Å². The summed E-state index contributed by atoms with van der Waals surface area (Å²) in [4.78, 5) is 12.9. The van der Waals surface area contributed by atoms with Gasteiger partial charge in [-0.25, -0.2) is 0 Å². The third-order valence-corrected chi connectivity index (χ3v) is 4.36. The first-order chi connectivity index (χ1) is 10.2. The van der Waals surface area contributed by atoms with E-state index in [2.05, 4.69) is 17.4 Å². The zero-order valence-corrected chi connectivity index (χ0v) is 12.0. The monoisotopic (exact) mass is 280 g/mol. The lowest BCUT2D eigenvalue weighted by Gasteiger charge is -2.28. The van der Waals surface area contributed by atoms with E-state index < -0.39 is 5.41 Å². The van der Waals surface area contributed by atoms with Crippen LogP contribution in [0.25, 0.3) is 0 Å². The Balaban J connectivity index is 1.89. The van der Waals surface area contributed by atoms with Gasteiger partial charge in [0.1, 0.15) is 0 Å². The molecule has 1 saturated carbocycles. The van der Waals surface area contributed by atoms with Gasteiger partial charge in [0.2, 0.25) is 5.91 Å². The van der Waals surface area contributed by atoms with Crippen molar-refractivity contribution in [2.24, 2.45) is 0 Å². The van der Waals surface area contributed by atoms with E-state index >= 15 is 0 Å². The second kappa shape index (κ2) is 5.60. The zero-order chi connectivity index (χ0) is 14.7. The summed E-state index contributed by atoms with van der Waals surface area (Å²) >= 11 is 0. The largest absolute Gasteiger partial charge is 0.399 e. The van der Waals surface area contributed by atoms with Gasteiger partial charge in [-0.2, -0.15) is 0 Å². The topological polar surface area (TPSA) is 55.1 Å². The summed E-state index contributed by atoms with van der Waals surface area (Å²) in [5.74, 6) is 0.0804. The van der Waals surface area contributed by atoms with Crippen molar-refractivity contribution in [3.8, 4) is 0 Å². The van der Waals surface area contributed by atoms with Crippen molar-refractivity contribution in [3.63, 3.8) is 0 Å². The molecule has 0 heterocycles. The van der Waals surface area contributed by atoms with Crippen LogP contribution in [0.1, 0.15) is 31.2 Å². The Morgan fingerprint density at radius 2 is 1.71 bits per heavy atom. The van der Waals surface area contributed by atoms with Gasteiger partial charge in [-0.3, -0.25) is 4.79 Å². The normalized spacial score (nSPS) is 16.6. The number of benzene rings is 2. The number of nitrogens with one attached hydrogen (secondary N) is 1. The number of carbonyl (C=O) groups excluding carboxylic acids is 1. The van der Waals surface area contributed by atoms with E-state index in [1.54, 1.807) is 6.07 Å². The van der Waals surface area contributed by atoms with Crippen molar-refractivity contribution in [1.29, 1.82) is 0 Å². The molecule has 0 aromatic heterocycles. The lowest BCUT2D eigenvalue weighted by molar-refractivity contribution is -0.121. The third-order valence-electron chi connectivity index (χ3n) is 4.36. The van der Waals surface area contributed by atoms with Gasteiger partial charge in [-0.15, -0.1) is 0 Å². The second-order valence-electron chi connectivity index (χ2n) is 5.73. The lowest BCUT2D eigenvalue weighted by Crippen LogP contribution is -2.37. The summed E-state index contributed by atoms with van der Waals surface area (Å²) in [6.45, 7) is 0. The van der Waals surface area contributed by atoms with Crippen LogP contribution < -0.4 is 11.1 Å². The highest BCUT2D eigenvalue weighted by Crippen LogP contribution is 2.42. The average Bonchev–Trinajstić information content (AvgIpc) is 2.99. The van der Waals surface area contributed by atoms with Crippen molar-refractivity contribution < 1.29 is 4.79 Å². The highest BCUT2D eigenvalue weighted by atomic mass is 16.2. The number of hydrogen-bond acceptors (Lipinski definition) is 2. The first-order valence-corrected chi connectivity index (χ1v) is 7.43. The Kier molecular flexibility index (Phi) is 3.65. The number of carbonyl (C=O) groups is 1. The summed E-state index contributed by atoms with van der Waals surface area (Å²) in [6, 6.07) is 17.5. The molecule has 1 fully saturated rings. The molecule has 0 unspecified atom stereocenters. The molecule has 108 valence electrons. The van der Waals surface area contributed by atoms with Crippen LogP contribution in [0.2, 0.25) is 0 Å². The minimum Gasteiger partial charge on any atom is -0.399 e. The molecule has 21 heavy (non-hydrogen) atoms. The van der Waals surface area contributed by atoms with Crippen LogP contribution in [0, 0.1) is 0 Å². The molecule has 3 rings (SSSR count). The minimum atomic E-state index is -0.397. The second-order valence-corrected chi connectivity index (χ2v) is 5.73. The molecule has 3 heteroatoms. The number of rotatable bonds is 3. The molecule has 1 aliphatic carbocycles. The number of nitrogens with two attached hydrogens (primary N) is 1. The number of hydrogen-bond donors (Lipinski definition) is 2. The first kappa shape index (κ1) is 13.7. The van der Waals surface area contributed by atoms with Crippen LogP contribution in [0.3, 0.4) is 0 Å². The van der Waals surface area contributed by atoms with E-state index in [0.29, 0.717) is 5.69 Å². The molecule has 2 aromatic carbocycles. The van der Waals surface area contributed by atoms with E-state index in [1.807, 2.05) is 36.4 Å². The molecule has 0 spiro atoms. The SMILES string of the molecule is Nc1cccc(NC(=O)C2(c3ccccc3)CCCC2)c1. The standard InChI is InChI=1S/C18H20N2O/c19-15-9-6-10-16(13-15)20-17(21)18(11-4-5-12-18)14-7-2-1-3-8-14/h1-3,6-10,13H,4-5,11-12,19H2,(H,20,21). The van der Waals surface area contributed by atoms with Gasteiger partial charge in [-0.05, 0) is 36.6 Å². The van der Waals surface area contributed by atoms with Crippen molar-refractivity contribution in [1.82, 2.24) is 0 Å². The lowest BCUT2D eigenvalue weighted by atomic mass is 9.78. The molecule has 0 atom stereocenters. The van der Waals surface area contributed by atoms with Gasteiger partial charge in [0.05, 0.1) is 5.41 Å². The first-order valence-electron chi connectivity index (χ1n) is 7.43. The molecule has 3 N–H and O–H groups in total.